The molecule has 0 bridgehead atoms. The first kappa shape index (κ1) is 25.2. The van der Waals surface area contributed by atoms with Crippen molar-refractivity contribution in [2.75, 3.05) is 7.05 Å². The molecule has 1 heteroatoms. The Bertz CT molecular complexity index is 126. The van der Waals surface area contributed by atoms with Gasteiger partial charge in [-0.1, -0.05) is 72.5 Å². The van der Waals surface area contributed by atoms with Crippen LogP contribution >= 0.6 is 0 Å². The van der Waals surface area contributed by atoms with Crippen molar-refractivity contribution in [3.63, 3.8) is 0 Å². The Morgan fingerprint density at radius 2 is 1.12 bits per heavy atom. The number of rotatable bonds is 2. The number of hydrogen-bond acceptors (Lipinski definition) is 1. The highest BCUT2D eigenvalue weighted by atomic mass is 14.8. The minimum absolute atomic E-state index is 1.25. The highest BCUT2D eigenvalue weighted by Crippen LogP contribution is 1.86. The van der Waals surface area contributed by atoms with E-state index in [0.29, 0.717) is 0 Å². The van der Waals surface area contributed by atoms with Gasteiger partial charge in [0.15, 0.2) is 0 Å². The topological polar surface area (TPSA) is 12.0 Å². The Morgan fingerprint density at radius 3 is 1.29 bits per heavy atom. The standard InChI is InChI=1S/C7H13N.3C3H8/c1-7(2)5-4-6-8-3;3*1-3-2/h4-6,8H,1-3H3;3*3H2,1-2H3/b6-4-;;;. The smallest absolute Gasteiger partial charge is 0.00277 e. The summed E-state index contributed by atoms with van der Waals surface area (Å²) in [6.07, 6.45) is 9.68. The van der Waals surface area contributed by atoms with E-state index < -0.39 is 0 Å². The molecule has 0 aliphatic rings. The first-order valence-corrected chi connectivity index (χ1v) is 6.99. The molecular weight excluding hydrogens is 206 g/mol. The van der Waals surface area contributed by atoms with Gasteiger partial charge in [0, 0.05) is 7.05 Å². The van der Waals surface area contributed by atoms with Crippen LogP contribution in [0.25, 0.3) is 0 Å². The van der Waals surface area contributed by atoms with E-state index in [1.54, 1.807) is 0 Å². The van der Waals surface area contributed by atoms with Crippen molar-refractivity contribution in [3.8, 4) is 0 Å². The summed E-state index contributed by atoms with van der Waals surface area (Å²) >= 11 is 0. The quantitative estimate of drug-likeness (QED) is 0.592. The summed E-state index contributed by atoms with van der Waals surface area (Å²) < 4.78 is 0. The van der Waals surface area contributed by atoms with E-state index in [9.17, 15) is 0 Å². The third-order valence-corrected chi connectivity index (χ3v) is 0.692. The molecule has 0 aromatic rings. The lowest BCUT2D eigenvalue weighted by atomic mass is 10.3. The molecule has 106 valence electrons. The third kappa shape index (κ3) is 147. The van der Waals surface area contributed by atoms with Gasteiger partial charge in [-0.2, -0.15) is 0 Å². The summed E-state index contributed by atoms with van der Waals surface area (Å²) in [4.78, 5) is 0. The van der Waals surface area contributed by atoms with Gasteiger partial charge in [-0.3, -0.25) is 0 Å². The molecule has 0 radical (unpaired) electrons. The maximum absolute atomic E-state index is 2.90. The van der Waals surface area contributed by atoms with Crippen LogP contribution in [0.15, 0.2) is 23.9 Å². The molecule has 0 fully saturated rings. The lowest BCUT2D eigenvalue weighted by molar-refractivity contribution is 1.09. The van der Waals surface area contributed by atoms with E-state index in [-0.39, 0.29) is 0 Å². The van der Waals surface area contributed by atoms with Crippen molar-refractivity contribution in [2.24, 2.45) is 0 Å². The fourth-order valence-electron chi connectivity index (χ4n) is 0.337. The number of nitrogens with one attached hydrogen (secondary N) is 1. The SMILES string of the molecule is CCC.CCC.CCC.CN/C=C\C=C(C)C. The van der Waals surface area contributed by atoms with Crippen LogP contribution in [0.5, 0.6) is 0 Å². The number of hydrogen-bond donors (Lipinski definition) is 1. The average Bonchev–Trinajstić information content (AvgIpc) is 2.21. The highest BCUT2D eigenvalue weighted by Gasteiger charge is 1.67. The second-order valence-corrected chi connectivity index (χ2v) is 4.01. The summed E-state index contributed by atoms with van der Waals surface area (Å²) in [5.74, 6) is 0. The zero-order valence-electron chi connectivity index (χ0n) is 13.9. The second kappa shape index (κ2) is 36.2. The molecule has 0 aromatic heterocycles. The van der Waals surface area contributed by atoms with Crippen molar-refractivity contribution in [1.82, 2.24) is 5.32 Å². The molecule has 1 nitrogen and oxygen atoms in total. The van der Waals surface area contributed by atoms with Crippen molar-refractivity contribution >= 4 is 0 Å². The van der Waals surface area contributed by atoms with Crippen LogP contribution in [0.2, 0.25) is 0 Å². The molecule has 0 aliphatic carbocycles. The van der Waals surface area contributed by atoms with Gasteiger partial charge in [0.25, 0.3) is 0 Å². The fraction of sp³-hybridized carbons (Fsp3) is 0.750. The van der Waals surface area contributed by atoms with Crippen LogP contribution in [0.1, 0.15) is 74.7 Å². The number of allylic oxidation sites excluding steroid dienone is 3. The Balaban J connectivity index is -0.0000000784. The van der Waals surface area contributed by atoms with Gasteiger partial charge in [0.1, 0.15) is 0 Å². The molecule has 0 rings (SSSR count). The molecular formula is C16H37N. The molecule has 0 aromatic carbocycles. The molecule has 1 N–H and O–H groups in total. The van der Waals surface area contributed by atoms with Crippen molar-refractivity contribution in [2.45, 2.75) is 74.7 Å². The van der Waals surface area contributed by atoms with Crippen LogP contribution in [0.4, 0.5) is 0 Å². The summed E-state index contributed by atoms with van der Waals surface area (Å²) in [5.41, 5.74) is 1.32. The van der Waals surface area contributed by atoms with Gasteiger partial charge in [-0.25, -0.2) is 0 Å². The first-order valence-electron chi connectivity index (χ1n) is 6.99. The van der Waals surface area contributed by atoms with Crippen LogP contribution < -0.4 is 5.32 Å². The van der Waals surface area contributed by atoms with Crippen LogP contribution in [-0.2, 0) is 0 Å². The lowest BCUT2D eigenvalue weighted by Crippen LogP contribution is -1.89. The van der Waals surface area contributed by atoms with Gasteiger partial charge in [0.2, 0.25) is 0 Å². The average molecular weight is 243 g/mol. The van der Waals surface area contributed by atoms with Gasteiger partial charge in [-0.15, -0.1) is 0 Å². The normalized spacial score (nSPS) is 7.59. The minimum atomic E-state index is 1.25. The van der Waals surface area contributed by atoms with Gasteiger partial charge < -0.3 is 5.32 Å². The molecule has 0 atom stereocenters. The zero-order chi connectivity index (χ0) is 14.5. The molecule has 0 aliphatic heterocycles. The molecule has 0 spiro atoms. The summed E-state index contributed by atoms with van der Waals surface area (Å²) in [5, 5.41) is 2.90. The molecule has 0 saturated heterocycles. The van der Waals surface area contributed by atoms with E-state index in [1.165, 1.54) is 24.8 Å². The molecule has 0 amide bonds. The van der Waals surface area contributed by atoms with Crippen LogP contribution in [-0.4, -0.2) is 7.05 Å². The Hall–Kier alpha value is -0.720. The van der Waals surface area contributed by atoms with Gasteiger partial charge >= 0.3 is 0 Å². The molecule has 0 unspecified atom stereocenters. The summed E-state index contributed by atoms with van der Waals surface area (Å²) in [6.45, 7) is 16.9. The maximum Gasteiger partial charge on any atom is 0.00277 e. The van der Waals surface area contributed by atoms with E-state index >= 15 is 0 Å². The van der Waals surface area contributed by atoms with E-state index in [2.05, 4.69) is 66.8 Å². The van der Waals surface area contributed by atoms with E-state index in [4.69, 9.17) is 0 Å². The predicted octanol–water partition coefficient (Wildman–Crippen LogP) is 5.93. The Kier molecular flexibility index (Phi) is 53.6. The first-order chi connectivity index (χ1) is 8.01. The minimum Gasteiger partial charge on any atom is -0.394 e. The monoisotopic (exact) mass is 243 g/mol. The van der Waals surface area contributed by atoms with Gasteiger partial charge in [0.05, 0.1) is 0 Å². The highest BCUT2D eigenvalue weighted by molar-refractivity contribution is 5.07. The molecule has 0 saturated carbocycles. The van der Waals surface area contributed by atoms with Crippen molar-refractivity contribution < 1.29 is 0 Å². The zero-order valence-corrected chi connectivity index (χ0v) is 13.9. The largest absolute Gasteiger partial charge is 0.394 e. The maximum atomic E-state index is 2.90. The van der Waals surface area contributed by atoms with E-state index in [0.717, 1.165) is 0 Å². The lowest BCUT2D eigenvalue weighted by Gasteiger charge is -1.82. The Labute approximate surface area is 111 Å². The second-order valence-electron chi connectivity index (χ2n) is 4.01. The third-order valence-electron chi connectivity index (χ3n) is 0.692. The van der Waals surface area contributed by atoms with Crippen LogP contribution in [0, 0.1) is 0 Å². The Morgan fingerprint density at radius 1 is 0.824 bits per heavy atom. The van der Waals surface area contributed by atoms with Gasteiger partial charge in [-0.05, 0) is 26.1 Å². The summed E-state index contributed by atoms with van der Waals surface area (Å²) in [7, 11) is 1.88. The van der Waals surface area contributed by atoms with Crippen LogP contribution in [0.3, 0.4) is 0 Å². The van der Waals surface area contributed by atoms with Crippen molar-refractivity contribution in [1.29, 1.82) is 0 Å². The van der Waals surface area contributed by atoms with Crippen molar-refractivity contribution in [3.05, 3.63) is 23.9 Å². The van der Waals surface area contributed by atoms with E-state index in [1.807, 2.05) is 19.3 Å². The predicted molar refractivity (Wildman–Crippen MR) is 85.5 cm³/mol. The fourth-order valence-corrected chi connectivity index (χ4v) is 0.337. The summed E-state index contributed by atoms with van der Waals surface area (Å²) in [6, 6.07) is 0. The molecule has 0 heterocycles. The molecule has 17 heavy (non-hydrogen) atoms.